The first kappa shape index (κ1) is 8.84. The number of rotatable bonds is 2. The van der Waals surface area contributed by atoms with Crippen LogP contribution in [0.5, 0.6) is 0 Å². The lowest BCUT2D eigenvalue weighted by atomic mass is 10.3. The topological polar surface area (TPSA) is 39.2 Å². The fourth-order valence-electron chi connectivity index (χ4n) is 1.00. The van der Waals surface area contributed by atoms with Crippen LogP contribution < -0.4 is 0 Å². The van der Waals surface area contributed by atoms with Gasteiger partial charge in [0.1, 0.15) is 5.69 Å². The molecule has 0 aliphatic heterocycles. The third-order valence-corrected chi connectivity index (χ3v) is 2.24. The molecule has 13 heavy (non-hydrogen) atoms. The number of alkyl halides is 1. The van der Waals surface area contributed by atoms with Gasteiger partial charge in [0.25, 0.3) is 0 Å². The third-order valence-electron chi connectivity index (χ3n) is 1.56. The molecule has 5 heteroatoms. The van der Waals surface area contributed by atoms with Crippen LogP contribution in [0.15, 0.2) is 32.0 Å². The van der Waals surface area contributed by atoms with Crippen molar-refractivity contribution < 1.29 is 8.83 Å². The van der Waals surface area contributed by atoms with Crippen molar-refractivity contribution in [3.8, 4) is 11.5 Å². The van der Waals surface area contributed by atoms with Gasteiger partial charge in [-0.3, -0.25) is 0 Å². The molecule has 0 amide bonds. The van der Waals surface area contributed by atoms with Crippen LogP contribution in [0, 0.1) is 0 Å². The van der Waals surface area contributed by atoms with Gasteiger partial charge in [-0.05, 0) is 28.1 Å². The van der Waals surface area contributed by atoms with E-state index in [1.807, 2.05) is 0 Å². The van der Waals surface area contributed by atoms with E-state index in [-0.39, 0.29) is 0 Å². The summed E-state index contributed by atoms with van der Waals surface area (Å²) in [5, 5.41) is 0. The summed E-state index contributed by atoms with van der Waals surface area (Å²) >= 11 is 8.86. The second kappa shape index (κ2) is 3.55. The van der Waals surface area contributed by atoms with Crippen LogP contribution in [0.2, 0.25) is 0 Å². The number of oxazole rings is 1. The highest BCUT2D eigenvalue weighted by atomic mass is 79.9. The van der Waals surface area contributed by atoms with Crippen LogP contribution in [-0.4, -0.2) is 4.98 Å². The normalized spacial score (nSPS) is 10.6. The van der Waals surface area contributed by atoms with E-state index in [1.54, 1.807) is 12.1 Å². The molecule has 0 unspecified atom stereocenters. The molecule has 3 nitrogen and oxygen atoms in total. The fraction of sp³-hybridized carbons (Fsp3) is 0.125. The Hall–Kier alpha value is -0.740. The molecule has 0 saturated carbocycles. The number of furan rings is 1. The quantitative estimate of drug-likeness (QED) is 0.778. The van der Waals surface area contributed by atoms with Gasteiger partial charge in [-0.1, -0.05) is 0 Å². The van der Waals surface area contributed by atoms with Gasteiger partial charge in [-0.2, -0.15) is 0 Å². The molecule has 0 aromatic carbocycles. The summed E-state index contributed by atoms with van der Waals surface area (Å²) < 4.78 is 11.1. The zero-order valence-corrected chi connectivity index (χ0v) is 8.80. The highest BCUT2D eigenvalue weighted by molar-refractivity contribution is 9.10. The molecule has 0 N–H and O–H groups in total. The van der Waals surface area contributed by atoms with Crippen molar-refractivity contribution in [1.82, 2.24) is 4.98 Å². The maximum Gasteiger partial charge on any atom is 0.194 e. The van der Waals surface area contributed by atoms with Crippen molar-refractivity contribution in [1.29, 1.82) is 0 Å². The second-order valence-corrected chi connectivity index (χ2v) is 3.41. The molecular weight excluding hydrogens is 257 g/mol. The Morgan fingerprint density at radius 3 is 2.92 bits per heavy atom. The first-order valence-corrected chi connectivity index (χ1v) is 4.88. The number of aromatic nitrogens is 1. The predicted molar refractivity (Wildman–Crippen MR) is 51.5 cm³/mol. The van der Waals surface area contributed by atoms with Gasteiger partial charge in [-0.15, -0.1) is 11.6 Å². The van der Waals surface area contributed by atoms with E-state index in [4.69, 9.17) is 20.4 Å². The minimum atomic E-state index is 0.310. The number of hydrogen-bond acceptors (Lipinski definition) is 3. The van der Waals surface area contributed by atoms with Crippen molar-refractivity contribution in [2.45, 2.75) is 5.88 Å². The van der Waals surface area contributed by atoms with Gasteiger partial charge >= 0.3 is 0 Å². The van der Waals surface area contributed by atoms with Crippen molar-refractivity contribution in [3.05, 3.63) is 28.9 Å². The molecule has 0 fully saturated rings. The van der Waals surface area contributed by atoms with E-state index in [0.717, 1.165) is 0 Å². The Balaban J connectivity index is 2.45. The predicted octanol–water partition coefficient (Wildman–Crippen LogP) is 3.44. The molecule has 2 rings (SSSR count). The molecule has 2 aromatic heterocycles. The van der Waals surface area contributed by atoms with Crippen molar-refractivity contribution in [2.75, 3.05) is 0 Å². The van der Waals surface area contributed by atoms with Gasteiger partial charge < -0.3 is 8.83 Å². The van der Waals surface area contributed by atoms with Gasteiger partial charge in [0.2, 0.25) is 0 Å². The smallest absolute Gasteiger partial charge is 0.194 e. The lowest BCUT2D eigenvalue weighted by Crippen LogP contribution is -1.79. The Labute approximate surface area is 87.8 Å². The van der Waals surface area contributed by atoms with Crippen LogP contribution >= 0.6 is 27.5 Å². The van der Waals surface area contributed by atoms with Gasteiger partial charge in [-0.25, -0.2) is 4.98 Å². The summed E-state index contributed by atoms with van der Waals surface area (Å²) in [7, 11) is 0. The minimum Gasteiger partial charge on any atom is -0.446 e. The Morgan fingerprint density at radius 1 is 1.46 bits per heavy atom. The Kier molecular flexibility index (Phi) is 2.42. The summed E-state index contributed by atoms with van der Waals surface area (Å²) in [6.07, 6.45) is 1.35. The van der Waals surface area contributed by atoms with Crippen LogP contribution in [0.4, 0.5) is 0 Å². The lowest BCUT2D eigenvalue weighted by molar-refractivity contribution is 0.507. The molecule has 68 valence electrons. The summed E-state index contributed by atoms with van der Waals surface area (Å²) in [6, 6.07) is 3.58. The van der Waals surface area contributed by atoms with Gasteiger partial charge in [0.15, 0.2) is 22.6 Å². The van der Waals surface area contributed by atoms with E-state index in [2.05, 4.69) is 20.9 Å². The molecule has 2 aromatic rings. The monoisotopic (exact) mass is 261 g/mol. The van der Waals surface area contributed by atoms with Crippen molar-refractivity contribution in [2.24, 2.45) is 0 Å². The van der Waals surface area contributed by atoms with Gasteiger partial charge in [0, 0.05) is 0 Å². The first-order valence-electron chi connectivity index (χ1n) is 3.55. The molecule has 0 aliphatic rings. The highest BCUT2D eigenvalue weighted by Crippen LogP contribution is 2.27. The zero-order chi connectivity index (χ0) is 9.26. The highest BCUT2D eigenvalue weighted by Gasteiger charge is 2.12. The maximum atomic E-state index is 5.65. The summed E-state index contributed by atoms with van der Waals surface area (Å²) in [6.45, 7) is 0. The Bertz CT molecular complexity index is 410. The second-order valence-electron chi connectivity index (χ2n) is 2.37. The van der Waals surface area contributed by atoms with Crippen molar-refractivity contribution in [3.63, 3.8) is 0 Å². The average Bonchev–Trinajstić information content (AvgIpc) is 2.71. The third kappa shape index (κ3) is 1.64. The SMILES string of the molecule is ClCc1ncoc1-c1ccc(Br)o1. The fourth-order valence-corrected chi connectivity index (χ4v) is 1.50. The van der Waals surface area contributed by atoms with E-state index in [0.29, 0.717) is 27.8 Å². The summed E-state index contributed by atoms with van der Waals surface area (Å²) in [5.74, 6) is 1.52. The molecular formula is C8H5BrClNO2. The molecule has 0 radical (unpaired) electrons. The van der Waals surface area contributed by atoms with Crippen molar-refractivity contribution >= 4 is 27.5 Å². The largest absolute Gasteiger partial charge is 0.446 e. The molecule has 0 spiro atoms. The molecule has 0 atom stereocenters. The van der Waals surface area contributed by atoms with E-state index in [9.17, 15) is 0 Å². The van der Waals surface area contributed by atoms with Crippen LogP contribution in [0.3, 0.4) is 0 Å². The van der Waals surface area contributed by atoms with Crippen LogP contribution in [-0.2, 0) is 5.88 Å². The molecule has 0 saturated heterocycles. The van der Waals surface area contributed by atoms with E-state index in [1.165, 1.54) is 6.39 Å². The Morgan fingerprint density at radius 2 is 2.31 bits per heavy atom. The standard InChI is InChI=1S/C8H5BrClNO2/c9-7-2-1-6(13-7)8-5(3-10)11-4-12-8/h1-2,4H,3H2. The maximum absolute atomic E-state index is 5.65. The summed E-state index contributed by atoms with van der Waals surface area (Å²) in [5.41, 5.74) is 0.684. The molecule has 2 heterocycles. The average molecular weight is 262 g/mol. The number of hydrogen-bond donors (Lipinski definition) is 0. The lowest BCUT2D eigenvalue weighted by Gasteiger charge is -1.91. The van der Waals surface area contributed by atoms with E-state index >= 15 is 0 Å². The van der Waals surface area contributed by atoms with Gasteiger partial charge in [0.05, 0.1) is 5.88 Å². The first-order chi connectivity index (χ1) is 6.31. The minimum absolute atomic E-state index is 0.310. The summed E-state index contributed by atoms with van der Waals surface area (Å²) in [4.78, 5) is 3.95. The molecule has 0 aliphatic carbocycles. The van der Waals surface area contributed by atoms with Crippen LogP contribution in [0.1, 0.15) is 5.69 Å². The van der Waals surface area contributed by atoms with E-state index < -0.39 is 0 Å². The molecule has 0 bridgehead atoms. The van der Waals surface area contributed by atoms with Crippen LogP contribution in [0.25, 0.3) is 11.5 Å². The number of nitrogens with zero attached hydrogens (tertiary/aromatic N) is 1. The number of halogens is 2. The zero-order valence-electron chi connectivity index (χ0n) is 6.46.